The molecule has 2 aliphatic rings. The molecule has 26 heavy (non-hydrogen) atoms. The number of carbonyl (C=O) groups is 3. The molecule has 134 valence electrons. The number of nitrogens with one attached hydrogen (secondary N) is 1. The zero-order chi connectivity index (χ0) is 18.4. The van der Waals surface area contributed by atoms with Crippen LogP contribution in [-0.2, 0) is 14.4 Å². The van der Waals surface area contributed by atoms with E-state index in [-0.39, 0.29) is 29.6 Å². The third kappa shape index (κ3) is 3.74. The summed E-state index contributed by atoms with van der Waals surface area (Å²) in [6.45, 7) is 5.10. The molecule has 9 heteroatoms. The van der Waals surface area contributed by atoms with Gasteiger partial charge in [0.25, 0.3) is 5.91 Å². The fraction of sp³-hybridized carbons (Fsp3) is 0.471. The number of nitrogens with zero attached hydrogens (tertiary/aromatic N) is 1. The average Bonchev–Trinajstić information content (AvgIpc) is 2.81. The molecule has 2 saturated heterocycles. The molecule has 1 N–H and O–H groups in total. The quantitative estimate of drug-likeness (QED) is 0.422. The van der Waals surface area contributed by atoms with Crippen molar-refractivity contribution in [2.45, 2.75) is 49.1 Å². The molecular formula is C17H19N2NaO5S. The monoisotopic (exact) mass is 386 g/mol. The number of para-hydroxylation sites is 1. The summed E-state index contributed by atoms with van der Waals surface area (Å²) in [6, 6.07) is 7.16. The molecule has 2 fully saturated rings. The van der Waals surface area contributed by atoms with Crippen molar-refractivity contribution in [3.8, 4) is 5.75 Å². The van der Waals surface area contributed by atoms with E-state index in [9.17, 15) is 19.5 Å². The van der Waals surface area contributed by atoms with Crippen molar-refractivity contribution < 1.29 is 53.8 Å². The van der Waals surface area contributed by atoms with E-state index in [2.05, 4.69) is 5.32 Å². The minimum Gasteiger partial charge on any atom is -0.548 e. The van der Waals surface area contributed by atoms with Gasteiger partial charge >= 0.3 is 29.6 Å². The molecule has 0 aliphatic carbocycles. The Morgan fingerprint density at radius 1 is 1.31 bits per heavy atom. The number of ether oxygens (including phenoxy) is 1. The SMILES string of the molecule is CC(Oc1ccccc1)C(=O)N[C@@H]1C(=O)N2[C@@H]1SC(C)(C)[C@@H]2C(=O)[O-].[Na+]. The first-order chi connectivity index (χ1) is 11.7. The van der Waals surface area contributed by atoms with E-state index in [0.717, 1.165) is 0 Å². The standard InChI is InChI=1S/C17H20N2O5S.Na/c1-9(24-10-7-5-4-6-8-10)13(20)18-11-14(21)19-12(16(22)23)17(2,3)25-15(11)19;/h4-9,11-12,15H,1-3H3,(H,18,20)(H,22,23);/q;+1/p-1/t9?,11-,12+,15-;/m1./s1. The summed E-state index contributed by atoms with van der Waals surface area (Å²) >= 11 is 1.35. The van der Waals surface area contributed by atoms with Crippen LogP contribution >= 0.6 is 11.8 Å². The fourth-order valence-corrected chi connectivity index (χ4v) is 4.77. The molecule has 7 nitrogen and oxygen atoms in total. The normalized spacial score (nSPS) is 26.8. The summed E-state index contributed by atoms with van der Waals surface area (Å²) in [5, 5.41) is 13.6. The summed E-state index contributed by atoms with van der Waals surface area (Å²) in [6.07, 6.45) is -0.777. The second-order valence-electron chi connectivity index (χ2n) is 6.64. The molecule has 1 aromatic rings. The minimum absolute atomic E-state index is 0. The van der Waals surface area contributed by atoms with Crippen LogP contribution in [0.4, 0.5) is 0 Å². The zero-order valence-electron chi connectivity index (χ0n) is 15.1. The van der Waals surface area contributed by atoms with Gasteiger partial charge in [-0.05, 0) is 32.9 Å². The summed E-state index contributed by atoms with van der Waals surface area (Å²) in [4.78, 5) is 37.3. The van der Waals surface area contributed by atoms with Crippen LogP contribution in [0.2, 0.25) is 0 Å². The molecule has 2 amide bonds. The Balaban J connectivity index is 0.00000243. The zero-order valence-corrected chi connectivity index (χ0v) is 17.9. The first-order valence-electron chi connectivity index (χ1n) is 7.95. The van der Waals surface area contributed by atoms with Gasteiger partial charge in [-0.2, -0.15) is 0 Å². The molecule has 1 aromatic carbocycles. The minimum atomic E-state index is -1.28. The molecule has 4 atom stereocenters. The molecule has 0 aromatic heterocycles. The maximum Gasteiger partial charge on any atom is 1.00 e. The van der Waals surface area contributed by atoms with Crippen molar-refractivity contribution in [3.63, 3.8) is 0 Å². The molecular weight excluding hydrogens is 367 g/mol. The predicted molar refractivity (Wildman–Crippen MR) is 89.6 cm³/mol. The van der Waals surface area contributed by atoms with Crippen molar-refractivity contribution in [1.82, 2.24) is 10.2 Å². The van der Waals surface area contributed by atoms with Gasteiger partial charge in [0.05, 0.1) is 12.0 Å². The number of fused-ring (bicyclic) bond motifs is 1. The summed E-state index contributed by atoms with van der Waals surface area (Å²) in [5.41, 5.74) is 0. The van der Waals surface area contributed by atoms with Gasteiger partial charge in [-0.15, -0.1) is 11.8 Å². The summed E-state index contributed by atoms with van der Waals surface area (Å²) < 4.78 is 4.87. The Morgan fingerprint density at radius 3 is 2.50 bits per heavy atom. The average molecular weight is 386 g/mol. The Labute approximate surface area is 178 Å². The van der Waals surface area contributed by atoms with E-state index in [1.165, 1.54) is 16.7 Å². The Hall–Kier alpha value is -1.22. The van der Waals surface area contributed by atoms with Crippen LogP contribution in [0.1, 0.15) is 20.8 Å². The van der Waals surface area contributed by atoms with Gasteiger partial charge in [0.15, 0.2) is 6.10 Å². The summed E-state index contributed by atoms with van der Waals surface area (Å²) in [7, 11) is 0. The Kier molecular flexibility index (Phi) is 6.32. The van der Waals surface area contributed by atoms with E-state index >= 15 is 0 Å². The van der Waals surface area contributed by atoms with E-state index in [1.54, 1.807) is 45.0 Å². The molecule has 0 saturated carbocycles. The largest absolute Gasteiger partial charge is 1.00 e. The predicted octanol–water partition coefficient (Wildman–Crippen LogP) is -3.25. The molecule has 2 aliphatic heterocycles. The van der Waals surface area contributed by atoms with Crippen molar-refractivity contribution in [1.29, 1.82) is 0 Å². The van der Waals surface area contributed by atoms with Crippen LogP contribution < -0.4 is 44.7 Å². The maximum absolute atomic E-state index is 12.3. The topological polar surface area (TPSA) is 98.8 Å². The number of hydrogen-bond acceptors (Lipinski definition) is 6. The van der Waals surface area contributed by atoms with Crippen LogP contribution in [0, 0.1) is 0 Å². The number of rotatable bonds is 5. The second-order valence-corrected chi connectivity index (χ2v) is 8.41. The second kappa shape index (κ2) is 7.80. The molecule has 0 spiro atoms. The van der Waals surface area contributed by atoms with Gasteiger partial charge in [-0.3, -0.25) is 9.59 Å². The van der Waals surface area contributed by atoms with Crippen LogP contribution in [0.25, 0.3) is 0 Å². The van der Waals surface area contributed by atoms with Gasteiger partial charge in [0.2, 0.25) is 5.91 Å². The van der Waals surface area contributed by atoms with E-state index < -0.39 is 46.1 Å². The third-order valence-electron chi connectivity index (χ3n) is 4.39. The summed E-state index contributed by atoms with van der Waals surface area (Å²) in [5.74, 6) is -1.55. The van der Waals surface area contributed by atoms with E-state index in [4.69, 9.17) is 4.74 Å². The number of β-lactam (4-membered cyclic amide) rings is 1. The van der Waals surface area contributed by atoms with E-state index in [1.807, 2.05) is 6.07 Å². The number of thioether (sulfide) groups is 1. The maximum atomic E-state index is 12.3. The van der Waals surface area contributed by atoms with Gasteiger partial charge in [0.1, 0.15) is 17.2 Å². The number of amides is 2. The number of aliphatic carboxylic acids is 1. The van der Waals surface area contributed by atoms with Crippen molar-refractivity contribution in [2.24, 2.45) is 0 Å². The molecule has 1 unspecified atom stereocenters. The third-order valence-corrected chi connectivity index (χ3v) is 5.96. The molecule has 3 rings (SSSR count). The van der Waals surface area contributed by atoms with Crippen LogP contribution in [0.5, 0.6) is 5.75 Å². The van der Waals surface area contributed by atoms with Gasteiger partial charge in [-0.1, -0.05) is 18.2 Å². The van der Waals surface area contributed by atoms with Crippen molar-refractivity contribution >= 4 is 29.5 Å². The van der Waals surface area contributed by atoms with Crippen molar-refractivity contribution in [3.05, 3.63) is 30.3 Å². The first kappa shape index (κ1) is 21.1. The van der Waals surface area contributed by atoms with Gasteiger partial charge < -0.3 is 24.9 Å². The fourth-order valence-electron chi connectivity index (χ4n) is 3.15. The smallest absolute Gasteiger partial charge is 0.548 e. The van der Waals surface area contributed by atoms with E-state index in [0.29, 0.717) is 5.75 Å². The molecule has 0 bridgehead atoms. The number of hydrogen-bond donors (Lipinski definition) is 1. The first-order valence-corrected chi connectivity index (χ1v) is 8.83. The number of carboxylic acid groups (broad SMARTS) is 1. The number of benzene rings is 1. The van der Waals surface area contributed by atoms with Crippen LogP contribution in [0.15, 0.2) is 30.3 Å². The molecule has 2 heterocycles. The Bertz CT molecular complexity index is 714. The Morgan fingerprint density at radius 2 is 1.92 bits per heavy atom. The van der Waals surface area contributed by atoms with Crippen molar-refractivity contribution in [2.75, 3.05) is 0 Å². The van der Waals surface area contributed by atoms with Crippen LogP contribution in [-0.4, -0.2) is 51.0 Å². The number of carbonyl (C=O) groups excluding carboxylic acids is 3. The molecule has 0 radical (unpaired) electrons. The number of carboxylic acids is 1. The van der Waals surface area contributed by atoms with Crippen LogP contribution in [0.3, 0.4) is 0 Å². The van der Waals surface area contributed by atoms with Gasteiger partial charge in [0, 0.05) is 4.75 Å². The van der Waals surface area contributed by atoms with Gasteiger partial charge in [-0.25, -0.2) is 0 Å².